The van der Waals surface area contributed by atoms with E-state index in [-0.39, 0.29) is 12.0 Å². The van der Waals surface area contributed by atoms with Gasteiger partial charge in [-0.3, -0.25) is 4.79 Å². The van der Waals surface area contributed by atoms with E-state index in [1.807, 2.05) is 13.8 Å². The molecule has 1 aromatic rings. The fourth-order valence-electron chi connectivity index (χ4n) is 2.17. The zero-order chi connectivity index (χ0) is 13.0. The minimum Gasteiger partial charge on any atom is -0.465 e. The first kappa shape index (κ1) is 12.9. The lowest BCUT2D eigenvalue weighted by molar-refractivity contribution is -0.145. The van der Waals surface area contributed by atoms with Crippen molar-refractivity contribution in [3.05, 3.63) is 29.3 Å². The molecule has 1 aliphatic rings. The Hall–Kier alpha value is -1.55. The smallest absolute Gasteiger partial charge is 0.322 e. The van der Waals surface area contributed by atoms with E-state index >= 15 is 0 Å². The van der Waals surface area contributed by atoms with E-state index in [0.29, 0.717) is 13.2 Å². The first-order valence-electron chi connectivity index (χ1n) is 6.47. The quantitative estimate of drug-likeness (QED) is 0.779. The van der Waals surface area contributed by atoms with Crippen molar-refractivity contribution < 1.29 is 9.53 Å². The van der Waals surface area contributed by atoms with Crippen LogP contribution in [0.15, 0.2) is 18.2 Å². The van der Waals surface area contributed by atoms with Gasteiger partial charge in [-0.1, -0.05) is 18.2 Å². The SMILES string of the molecule is CCOC(=O)C(C)NCc1cccc2c1NCC2. The van der Waals surface area contributed by atoms with E-state index in [1.165, 1.54) is 16.8 Å². The summed E-state index contributed by atoms with van der Waals surface area (Å²) in [5, 5.41) is 6.59. The molecule has 2 N–H and O–H groups in total. The molecule has 1 atom stereocenters. The zero-order valence-electron chi connectivity index (χ0n) is 11.0. The maximum Gasteiger partial charge on any atom is 0.322 e. The lowest BCUT2D eigenvalue weighted by atomic mass is 10.1. The van der Waals surface area contributed by atoms with Gasteiger partial charge in [-0.25, -0.2) is 0 Å². The zero-order valence-corrected chi connectivity index (χ0v) is 11.0. The second-order valence-corrected chi connectivity index (χ2v) is 4.48. The van der Waals surface area contributed by atoms with Gasteiger partial charge in [0.05, 0.1) is 6.61 Å². The Kier molecular flexibility index (Phi) is 4.20. The average molecular weight is 248 g/mol. The van der Waals surface area contributed by atoms with Crippen LogP contribution >= 0.6 is 0 Å². The number of rotatable bonds is 5. The van der Waals surface area contributed by atoms with Crippen LogP contribution in [0.2, 0.25) is 0 Å². The van der Waals surface area contributed by atoms with Crippen molar-refractivity contribution in [3.63, 3.8) is 0 Å². The molecule has 0 fully saturated rings. The van der Waals surface area contributed by atoms with Crippen molar-refractivity contribution in [3.8, 4) is 0 Å². The van der Waals surface area contributed by atoms with Crippen LogP contribution in [0.25, 0.3) is 0 Å². The van der Waals surface area contributed by atoms with Crippen LogP contribution in [-0.4, -0.2) is 25.2 Å². The van der Waals surface area contributed by atoms with E-state index < -0.39 is 0 Å². The van der Waals surface area contributed by atoms with Crippen LogP contribution in [0.5, 0.6) is 0 Å². The number of fused-ring (bicyclic) bond motifs is 1. The standard InChI is InChI=1S/C14H20N2O2/c1-3-18-14(17)10(2)16-9-12-6-4-5-11-7-8-15-13(11)12/h4-6,10,15-16H,3,7-9H2,1-2H3. The molecule has 0 bridgehead atoms. The summed E-state index contributed by atoms with van der Waals surface area (Å²) in [5.41, 5.74) is 3.79. The molecule has 0 aliphatic carbocycles. The highest BCUT2D eigenvalue weighted by Crippen LogP contribution is 2.26. The monoisotopic (exact) mass is 248 g/mol. The number of ether oxygens (including phenoxy) is 1. The maximum absolute atomic E-state index is 11.5. The van der Waals surface area contributed by atoms with Gasteiger partial charge in [-0.05, 0) is 31.4 Å². The molecule has 18 heavy (non-hydrogen) atoms. The topological polar surface area (TPSA) is 50.4 Å². The Morgan fingerprint density at radius 3 is 3.17 bits per heavy atom. The third-order valence-electron chi connectivity index (χ3n) is 3.17. The van der Waals surface area contributed by atoms with Gasteiger partial charge in [0.25, 0.3) is 0 Å². The largest absolute Gasteiger partial charge is 0.465 e. The third-order valence-corrected chi connectivity index (χ3v) is 3.17. The van der Waals surface area contributed by atoms with Crippen LogP contribution in [0.3, 0.4) is 0 Å². The molecule has 1 aliphatic heterocycles. The van der Waals surface area contributed by atoms with E-state index in [0.717, 1.165) is 13.0 Å². The van der Waals surface area contributed by atoms with Gasteiger partial charge in [0.2, 0.25) is 0 Å². The van der Waals surface area contributed by atoms with Gasteiger partial charge in [0, 0.05) is 18.8 Å². The molecule has 0 amide bonds. The number of carbonyl (C=O) groups excluding carboxylic acids is 1. The molecule has 1 heterocycles. The van der Waals surface area contributed by atoms with E-state index in [2.05, 4.69) is 28.8 Å². The molecule has 0 spiro atoms. The van der Waals surface area contributed by atoms with Gasteiger partial charge in [-0.2, -0.15) is 0 Å². The molecular formula is C14H20N2O2. The van der Waals surface area contributed by atoms with Crippen LogP contribution in [0, 0.1) is 0 Å². The number of hydrogen-bond donors (Lipinski definition) is 2. The molecule has 0 radical (unpaired) electrons. The average Bonchev–Trinajstić information content (AvgIpc) is 2.84. The number of hydrogen-bond acceptors (Lipinski definition) is 4. The number of benzene rings is 1. The molecule has 4 heteroatoms. The summed E-state index contributed by atoms with van der Waals surface area (Å²) in [6.45, 7) is 5.75. The van der Waals surface area contributed by atoms with Crippen molar-refractivity contribution in [1.29, 1.82) is 0 Å². The molecule has 2 rings (SSSR count). The van der Waals surface area contributed by atoms with Gasteiger partial charge >= 0.3 is 5.97 Å². The second kappa shape index (κ2) is 5.87. The summed E-state index contributed by atoms with van der Waals surface area (Å²) < 4.78 is 4.97. The maximum atomic E-state index is 11.5. The first-order valence-corrected chi connectivity index (χ1v) is 6.47. The van der Waals surface area contributed by atoms with Gasteiger partial charge in [0.15, 0.2) is 0 Å². The highest BCUT2D eigenvalue weighted by molar-refractivity contribution is 5.75. The molecule has 0 saturated carbocycles. The molecule has 1 unspecified atom stereocenters. The number of para-hydroxylation sites is 1. The highest BCUT2D eigenvalue weighted by Gasteiger charge is 2.16. The molecule has 4 nitrogen and oxygen atoms in total. The van der Waals surface area contributed by atoms with Crippen LogP contribution in [-0.2, 0) is 22.5 Å². The predicted molar refractivity (Wildman–Crippen MR) is 71.6 cm³/mol. The molecular weight excluding hydrogens is 228 g/mol. The lowest BCUT2D eigenvalue weighted by Crippen LogP contribution is -2.35. The van der Waals surface area contributed by atoms with Crippen molar-refractivity contribution in [2.75, 3.05) is 18.5 Å². The summed E-state index contributed by atoms with van der Waals surface area (Å²) in [7, 11) is 0. The number of esters is 1. The Balaban J connectivity index is 1.95. The van der Waals surface area contributed by atoms with Gasteiger partial charge in [0.1, 0.15) is 6.04 Å². The number of anilines is 1. The molecule has 0 aromatic heterocycles. The summed E-state index contributed by atoms with van der Waals surface area (Å²) in [4.78, 5) is 11.5. The van der Waals surface area contributed by atoms with Crippen LogP contribution in [0.1, 0.15) is 25.0 Å². The highest BCUT2D eigenvalue weighted by atomic mass is 16.5. The van der Waals surface area contributed by atoms with Crippen LogP contribution < -0.4 is 10.6 Å². The Morgan fingerprint density at radius 2 is 2.39 bits per heavy atom. The summed E-state index contributed by atoms with van der Waals surface area (Å²) in [5.74, 6) is -0.196. The predicted octanol–water partition coefficient (Wildman–Crippen LogP) is 1.70. The molecule has 98 valence electrons. The fraction of sp³-hybridized carbons (Fsp3) is 0.500. The minimum atomic E-state index is -0.276. The van der Waals surface area contributed by atoms with Crippen molar-refractivity contribution in [1.82, 2.24) is 5.32 Å². The van der Waals surface area contributed by atoms with Gasteiger partial charge in [-0.15, -0.1) is 0 Å². The summed E-state index contributed by atoms with van der Waals surface area (Å²) in [6, 6.07) is 6.02. The van der Waals surface area contributed by atoms with E-state index in [9.17, 15) is 4.79 Å². The van der Waals surface area contributed by atoms with Gasteiger partial charge < -0.3 is 15.4 Å². The fourth-order valence-corrected chi connectivity index (χ4v) is 2.17. The van der Waals surface area contributed by atoms with Crippen molar-refractivity contribution in [2.45, 2.75) is 32.9 Å². The molecule has 1 aromatic carbocycles. The number of carbonyl (C=O) groups is 1. The van der Waals surface area contributed by atoms with E-state index in [4.69, 9.17) is 4.74 Å². The number of nitrogens with one attached hydrogen (secondary N) is 2. The lowest BCUT2D eigenvalue weighted by Gasteiger charge is -2.14. The second-order valence-electron chi connectivity index (χ2n) is 4.48. The van der Waals surface area contributed by atoms with E-state index in [1.54, 1.807) is 0 Å². The summed E-state index contributed by atoms with van der Waals surface area (Å²) in [6.07, 6.45) is 1.08. The third kappa shape index (κ3) is 2.82. The van der Waals surface area contributed by atoms with Crippen LogP contribution in [0.4, 0.5) is 5.69 Å². The minimum absolute atomic E-state index is 0.196. The van der Waals surface area contributed by atoms with Crippen molar-refractivity contribution in [2.24, 2.45) is 0 Å². The normalized spacial score (nSPS) is 14.8. The summed E-state index contributed by atoms with van der Waals surface area (Å²) >= 11 is 0. The Bertz CT molecular complexity index is 432. The van der Waals surface area contributed by atoms with Crippen molar-refractivity contribution >= 4 is 11.7 Å². The molecule has 0 saturated heterocycles. The first-order chi connectivity index (χ1) is 8.72. The Morgan fingerprint density at radius 1 is 1.56 bits per heavy atom. The Labute approximate surface area is 108 Å².